The zero-order valence-corrected chi connectivity index (χ0v) is 11.4. The maximum absolute atomic E-state index is 8.84. The largest absolute Gasteiger partial charge is 0.490 e. The minimum atomic E-state index is 0.270. The molecule has 0 radical (unpaired) electrons. The van der Waals surface area contributed by atoms with Crippen LogP contribution in [-0.2, 0) is 0 Å². The lowest BCUT2D eigenvalue weighted by atomic mass is 10.0. The number of rotatable bonds is 2. The molecule has 2 aliphatic carbocycles. The van der Waals surface area contributed by atoms with Gasteiger partial charge < -0.3 is 10.5 Å². The van der Waals surface area contributed by atoms with Crippen LogP contribution in [-0.4, -0.2) is 12.1 Å². The van der Waals surface area contributed by atoms with Crippen LogP contribution in [0, 0.1) is 23.2 Å². The summed E-state index contributed by atoms with van der Waals surface area (Å²) in [5.41, 5.74) is 6.48. The van der Waals surface area contributed by atoms with Crippen molar-refractivity contribution < 1.29 is 4.74 Å². The van der Waals surface area contributed by atoms with Crippen LogP contribution in [0.1, 0.15) is 31.2 Å². The van der Waals surface area contributed by atoms with E-state index in [2.05, 4.69) is 6.07 Å². The smallest absolute Gasteiger partial charge is 0.121 e. The third kappa shape index (κ3) is 2.56. The molecule has 4 heteroatoms. The van der Waals surface area contributed by atoms with Crippen molar-refractivity contribution in [3.63, 3.8) is 0 Å². The molecule has 2 N–H and O–H groups in total. The number of nitrogens with zero attached hydrogens (tertiary/aromatic N) is 1. The Hall–Kier alpha value is -1.24. The molecule has 2 aliphatic rings. The van der Waals surface area contributed by atoms with E-state index in [0.29, 0.717) is 16.6 Å². The number of nitrogens with two attached hydrogens (primary N) is 1. The van der Waals surface area contributed by atoms with Crippen molar-refractivity contribution in [1.29, 1.82) is 5.26 Å². The summed E-state index contributed by atoms with van der Waals surface area (Å²) in [5, 5.41) is 9.30. The Bertz CT molecular complexity index is 511. The summed E-state index contributed by atoms with van der Waals surface area (Å²) < 4.78 is 5.99. The van der Waals surface area contributed by atoms with Gasteiger partial charge in [0.05, 0.1) is 16.7 Å². The fraction of sp³-hybridized carbons (Fsp3) is 0.533. The third-order valence-electron chi connectivity index (χ3n) is 4.37. The van der Waals surface area contributed by atoms with Crippen molar-refractivity contribution >= 4 is 11.6 Å². The number of benzene rings is 1. The van der Waals surface area contributed by atoms with Crippen LogP contribution in [0.2, 0.25) is 5.02 Å². The van der Waals surface area contributed by atoms with Crippen molar-refractivity contribution in [3.8, 4) is 11.8 Å². The standard InChI is InChI=1S/C15H17ClN2O/c16-15-7-13(2-1-9(15)8-17)19-14-5-10-3-12(18)4-11(10)6-14/h1-2,7,10-12,14H,3-6,18H2/t10-,11+,12-,14+. The van der Waals surface area contributed by atoms with Crippen LogP contribution in [0.3, 0.4) is 0 Å². The Morgan fingerprint density at radius 2 is 1.89 bits per heavy atom. The van der Waals surface area contributed by atoms with Gasteiger partial charge in [0.15, 0.2) is 0 Å². The summed E-state index contributed by atoms with van der Waals surface area (Å²) in [6.45, 7) is 0. The van der Waals surface area contributed by atoms with E-state index < -0.39 is 0 Å². The quantitative estimate of drug-likeness (QED) is 0.903. The summed E-state index contributed by atoms with van der Waals surface area (Å²) in [6, 6.07) is 7.71. The van der Waals surface area contributed by atoms with Gasteiger partial charge in [-0.2, -0.15) is 5.26 Å². The Morgan fingerprint density at radius 3 is 2.47 bits per heavy atom. The van der Waals surface area contributed by atoms with E-state index in [1.807, 2.05) is 6.07 Å². The Labute approximate surface area is 118 Å². The highest BCUT2D eigenvalue weighted by Gasteiger charge is 2.41. The molecule has 4 atom stereocenters. The van der Waals surface area contributed by atoms with Crippen LogP contribution >= 0.6 is 11.6 Å². The minimum absolute atomic E-state index is 0.270. The lowest BCUT2D eigenvalue weighted by Gasteiger charge is -2.16. The van der Waals surface area contributed by atoms with Gasteiger partial charge in [0.2, 0.25) is 0 Å². The molecule has 0 bridgehead atoms. The van der Waals surface area contributed by atoms with Crippen molar-refractivity contribution in [2.75, 3.05) is 0 Å². The van der Waals surface area contributed by atoms with E-state index in [-0.39, 0.29) is 6.10 Å². The molecule has 0 saturated heterocycles. The lowest BCUT2D eigenvalue weighted by molar-refractivity contribution is 0.197. The fourth-order valence-corrected chi connectivity index (χ4v) is 3.77. The number of nitriles is 1. The van der Waals surface area contributed by atoms with Gasteiger partial charge in [-0.3, -0.25) is 0 Å². The highest BCUT2D eigenvalue weighted by molar-refractivity contribution is 6.31. The van der Waals surface area contributed by atoms with Crippen LogP contribution < -0.4 is 10.5 Å². The number of ether oxygens (including phenoxy) is 1. The zero-order valence-electron chi connectivity index (χ0n) is 10.7. The molecule has 3 rings (SSSR count). The molecule has 0 aromatic heterocycles. The van der Waals surface area contributed by atoms with E-state index in [9.17, 15) is 0 Å². The molecule has 2 fully saturated rings. The third-order valence-corrected chi connectivity index (χ3v) is 4.69. The number of halogens is 1. The predicted molar refractivity (Wildman–Crippen MR) is 74.0 cm³/mol. The molecule has 3 nitrogen and oxygen atoms in total. The first kappa shape index (κ1) is 12.8. The number of hydrogen-bond donors (Lipinski definition) is 1. The average molecular weight is 277 g/mol. The van der Waals surface area contributed by atoms with E-state index in [1.165, 1.54) is 0 Å². The van der Waals surface area contributed by atoms with Gasteiger partial charge in [-0.15, -0.1) is 0 Å². The van der Waals surface area contributed by atoms with Crippen LogP contribution in [0.25, 0.3) is 0 Å². The SMILES string of the molecule is N#Cc1ccc(O[C@H]2C[C@H]3C[C@@H](N)C[C@H]3C2)cc1Cl. The summed E-state index contributed by atoms with van der Waals surface area (Å²) >= 11 is 6.01. The average Bonchev–Trinajstić information content (AvgIpc) is 2.86. The van der Waals surface area contributed by atoms with Crippen molar-refractivity contribution in [1.82, 2.24) is 0 Å². The number of fused-ring (bicyclic) bond motifs is 1. The van der Waals surface area contributed by atoms with Gasteiger partial charge in [-0.1, -0.05) is 11.6 Å². The molecule has 0 unspecified atom stereocenters. The molecule has 19 heavy (non-hydrogen) atoms. The molecule has 1 aromatic rings. The first-order chi connectivity index (χ1) is 9.15. The second kappa shape index (κ2) is 5.03. The van der Waals surface area contributed by atoms with Gasteiger partial charge >= 0.3 is 0 Å². The summed E-state index contributed by atoms with van der Waals surface area (Å²) in [5.74, 6) is 2.22. The van der Waals surface area contributed by atoms with Crippen LogP contribution in [0.4, 0.5) is 0 Å². The molecule has 0 spiro atoms. The predicted octanol–water partition coefficient (Wildman–Crippen LogP) is 3.11. The molecule has 0 heterocycles. The summed E-state index contributed by atoms with van der Waals surface area (Å²) in [4.78, 5) is 0. The Balaban J connectivity index is 1.64. The fourth-order valence-electron chi connectivity index (χ4n) is 3.56. The van der Waals surface area contributed by atoms with E-state index in [4.69, 9.17) is 27.3 Å². The van der Waals surface area contributed by atoms with Crippen molar-refractivity contribution in [3.05, 3.63) is 28.8 Å². The molecule has 0 aliphatic heterocycles. The highest BCUT2D eigenvalue weighted by Crippen LogP contribution is 2.44. The molecule has 100 valence electrons. The molecular formula is C15H17ClN2O. The van der Waals surface area contributed by atoms with Crippen LogP contribution in [0.5, 0.6) is 5.75 Å². The normalized spacial score (nSPS) is 32.9. The van der Waals surface area contributed by atoms with E-state index in [0.717, 1.165) is 43.3 Å². The van der Waals surface area contributed by atoms with Gasteiger partial charge in [0, 0.05) is 12.1 Å². The maximum atomic E-state index is 8.84. The second-order valence-electron chi connectivity index (χ2n) is 5.72. The van der Waals surface area contributed by atoms with Gasteiger partial charge in [0.25, 0.3) is 0 Å². The highest BCUT2D eigenvalue weighted by atomic mass is 35.5. The molecule has 2 saturated carbocycles. The van der Waals surface area contributed by atoms with Gasteiger partial charge in [-0.05, 0) is 49.7 Å². The van der Waals surface area contributed by atoms with Gasteiger partial charge in [0.1, 0.15) is 11.8 Å². The first-order valence-electron chi connectivity index (χ1n) is 6.77. The number of hydrogen-bond acceptors (Lipinski definition) is 3. The Morgan fingerprint density at radius 1 is 1.21 bits per heavy atom. The van der Waals surface area contributed by atoms with E-state index in [1.54, 1.807) is 12.1 Å². The lowest BCUT2D eigenvalue weighted by Crippen LogP contribution is -2.19. The summed E-state index contributed by atoms with van der Waals surface area (Å²) in [7, 11) is 0. The van der Waals surface area contributed by atoms with Crippen LogP contribution in [0.15, 0.2) is 18.2 Å². The Kier molecular flexibility index (Phi) is 3.38. The monoisotopic (exact) mass is 276 g/mol. The zero-order chi connectivity index (χ0) is 13.4. The minimum Gasteiger partial charge on any atom is -0.490 e. The van der Waals surface area contributed by atoms with Crippen molar-refractivity contribution in [2.24, 2.45) is 17.6 Å². The topological polar surface area (TPSA) is 59.0 Å². The summed E-state index contributed by atoms with van der Waals surface area (Å²) in [6.07, 6.45) is 4.73. The van der Waals surface area contributed by atoms with Gasteiger partial charge in [-0.25, -0.2) is 0 Å². The molecular weight excluding hydrogens is 260 g/mol. The van der Waals surface area contributed by atoms with Crippen molar-refractivity contribution in [2.45, 2.75) is 37.8 Å². The first-order valence-corrected chi connectivity index (χ1v) is 7.15. The second-order valence-corrected chi connectivity index (χ2v) is 6.12. The van der Waals surface area contributed by atoms with E-state index >= 15 is 0 Å². The maximum Gasteiger partial charge on any atom is 0.121 e. The molecule has 0 amide bonds. The molecule has 1 aromatic carbocycles.